The van der Waals surface area contributed by atoms with Gasteiger partial charge in [-0.2, -0.15) is 0 Å². The highest BCUT2D eigenvalue weighted by molar-refractivity contribution is 5.80. The fraction of sp³-hybridized carbons (Fsp3) is 0.538. The van der Waals surface area contributed by atoms with E-state index < -0.39 is 0 Å². The van der Waals surface area contributed by atoms with Crippen LogP contribution < -0.4 is 10.6 Å². The Labute approximate surface area is 113 Å². The molecule has 1 heterocycles. The van der Waals surface area contributed by atoms with E-state index in [9.17, 15) is 4.79 Å². The number of ether oxygens (including phenoxy) is 1. The Bertz CT molecular complexity index is 401. The number of guanidine groups is 1. The zero-order chi connectivity index (χ0) is 14.1. The van der Waals surface area contributed by atoms with Crippen molar-refractivity contribution in [2.45, 2.75) is 13.5 Å². The molecule has 1 aromatic rings. The Morgan fingerprint density at radius 2 is 2.05 bits per heavy atom. The number of esters is 1. The van der Waals surface area contributed by atoms with E-state index in [-0.39, 0.29) is 11.9 Å². The summed E-state index contributed by atoms with van der Waals surface area (Å²) in [5, 5.41) is 6.28. The molecule has 0 aliphatic carbocycles. The second-order valence-electron chi connectivity index (χ2n) is 4.22. The highest BCUT2D eigenvalue weighted by atomic mass is 16.5. The molecule has 6 heteroatoms. The summed E-state index contributed by atoms with van der Waals surface area (Å²) in [4.78, 5) is 15.4. The molecule has 0 saturated carbocycles. The van der Waals surface area contributed by atoms with Crippen LogP contribution in [0.2, 0.25) is 0 Å². The average Bonchev–Trinajstić information content (AvgIpc) is 2.94. The summed E-state index contributed by atoms with van der Waals surface area (Å²) in [6.45, 7) is 3.93. The maximum Gasteiger partial charge on any atom is 0.310 e. The maximum absolute atomic E-state index is 11.3. The topological polar surface area (TPSA) is 67.7 Å². The Morgan fingerprint density at radius 1 is 1.37 bits per heavy atom. The fourth-order valence-corrected chi connectivity index (χ4v) is 1.58. The van der Waals surface area contributed by atoms with Gasteiger partial charge in [0.15, 0.2) is 5.96 Å². The molecule has 0 amide bonds. The van der Waals surface area contributed by atoms with Gasteiger partial charge in [-0.1, -0.05) is 6.92 Å². The van der Waals surface area contributed by atoms with Gasteiger partial charge in [0.2, 0.25) is 0 Å². The smallest absolute Gasteiger partial charge is 0.310 e. The molecule has 19 heavy (non-hydrogen) atoms. The number of hydrogen-bond donors (Lipinski definition) is 2. The van der Waals surface area contributed by atoms with E-state index in [1.807, 2.05) is 31.5 Å². The molecule has 0 fully saturated rings. The molecule has 1 rings (SSSR count). The van der Waals surface area contributed by atoms with Crippen LogP contribution >= 0.6 is 0 Å². The Balaban J connectivity index is 2.24. The SMILES string of the molecule is CN=C(NCCn1cccc1)NCC(C)C(=O)OC. The lowest BCUT2D eigenvalue weighted by Gasteiger charge is -2.14. The molecule has 2 N–H and O–H groups in total. The van der Waals surface area contributed by atoms with Gasteiger partial charge in [0, 0.05) is 39.1 Å². The summed E-state index contributed by atoms with van der Waals surface area (Å²) in [6.07, 6.45) is 4.02. The number of hydrogen-bond acceptors (Lipinski definition) is 3. The Hall–Kier alpha value is -1.98. The van der Waals surface area contributed by atoms with Gasteiger partial charge in [-0.3, -0.25) is 9.79 Å². The number of methoxy groups -OCH3 is 1. The van der Waals surface area contributed by atoms with Gasteiger partial charge >= 0.3 is 5.97 Å². The fourth-order valence-electron chi connectivity index (χ4n) is 1.58. The van der Waals surface area contributed by atoms with Gasteiger partial charge in [0.05, 0.1) is 13.0 Å². The molecule has 0 aliphatic heterocycles. The van der Waals surface area contributed by atoms with E-state index in [2.05, 4.69) is 24.9 Å². The molecule has 1 atom stereocenters. The lowest BCUT2D eigenvalue weighted by Crippen LogP contribution is -2.41. The minimum Gasteiger partial charge on any atom is -0.469 e. The van der Waals surface area contributed by atoms with Crippen LogP contribution in [0.25, 0.3) is 0 Å². The quantitative estimate of drug-likeness (QED) is 0.446. The van der Waals surface area contributed by atoms with Crippen LogP contribution in [0.3, 0.4) is 0 Å². The van der Waals surface area contributed by atoms with Crippen molar-refractivity contribution in [2.24, 2.45) is 10.9 Å². The molecule has 0 saturated heterocycles. The summed E-state index contributed by atoms with van der Waals surface area (Å²) in [5.74, 6) is 0.256. The molecular weight excluding hydrogens is 244 g/mol. The van der Waals surface area contributed by atoms with E-state index in [1.54, 1.807) is 7.05 Å². The zero-order valence-corrected chi connectivity index (χ0v) is 11.7. The lowest BCUT2D eigenvalue weighted by atomic mass is 10.2. The molecular formula is C13H22N4O2. The van der Waals surface area contributed by atoms with Crippen molar-refractivity contribution < 1.29 is 9.53 Å². The first-order valence-electron chi connectivity index (χ1n) is 6.30. The average molecular weight is 266 g/mol. The van der Waals surface area contributed by atoms with E-state index in [0.29, 0.717) is 12.5 Å². The summed E-state index contributed by atoms with van der Waals surface area (Å²) in [5.41, 5.74) is 0. The van der Waals surface area contributed by atoms with Gasteiger partial charge < -0.3 is 19.9 Å². The van der Waals surface area contributed by atoms with Crippen LogP contribution in [-0.2, 0) is 16.1 Å². The molecule has 0 radical (unpaired) electrons. The minimum atomic E-state index is -0.227. The van der Waals surface area contributed by atoms with Gasteiger partial charge in [0.1, 0.15) is 0 Å². The van der Waals surface area contributed by atoms with E-state index in [4.69, 9.17) is 0 Å². The normalized spacial score (nSPS) is 12.9. The van der Waals surface area contributed by atoms with Crippen molar-refractivity contribution in [1.82, 2.24) is 15.2 Å². The summed E-state index contributed by atoms with van der Waals surface area (Å²) < 4.78 is 6.75. The highest BCUT2D eigenvalue weighted by Crippen LogP contribution is 1.95. The van der Waals surface area contributed by atoms with E-state index >= 15 is 0 Å². The predicted molar refractivity (Wildman–Crippen MR) is 75.0 cm³/mol. The number of carbonyl (C=O) groups excluding carboxylic acids is 1. The van der Waals surface area contributed by atoms with Crippen molar-refractivity contribution in [1.29, 1.82) is 0 Å². The van der Waals surface area contributed by atoms with Crippen LogP contribution in [-0.4, -0.2) is 43.7 Å². The summed E-state index contributed by atoms with van der Waals surface area (Å²) >= 11 is 0. The van der Waals surface area contributed by atoms with Gasteiger partial charge in [-0.15, -0.1) is 0 Å². The number of rotatable bonds is 6. The molecule has 1 aromatic heterocycles. The Morgan fingerprint density at radius 3 is 2.63 bits per heavy atom. The van der Waals surface area contributed by atoms with Crippen molar-refractivity contribution in [2.75, 3.05) is 27.2 Å². The van der Waals surface area contributed by atoms with Crippen LogP contribution in [0, 0.1) is 5.92 Å². The van der Waals surface area contributed by atoms with Crippen molar-refractivity contribution in [3.63, 3.8) is 0 Å². The molecule has 0 aromatic carbocycles. The Kier molecular flexibility index (Phi) is 6.49. The van der Waals surface area contributed by atoms with Crippen molar-refractivity contribution in [3.05, 3.63) is 24.5 Å². The van der Waals surface area contributed by atoms with Gasteiger partial charge in [0.25, 0.3) is 0 Å². The molecule has 1 unspecified atom stereocenters. The molecule has 0 spiro atoms. The summed E-state index contributed by atoms with van der Waals surface area (Å²) in [6, 6.07) is 3.98. The van der Waals surface area contributed by atoms with Gasteiger partial charge in [-0.25, -0.2) is 0 Å². The number of nitrogens with zero attached hydrogens (tertiary/aromatic N) is 2. The molecule has 0 aliphatic rings. The first-order chi connectivity index (χ1) is 9.17. The largest absolute Gasteiger partial charge is 0.469 e. The zero-order valence-electron chi connectivity index (χ0n) is 11.7. The first kappa shape index (κ1) is 15.1. The number of nitrogens with one attached hydrogen (secondary N) is 2. The van der Waals surface area contributed by atoms with E-state index in [0.717, 1.165) is 13.1 Å². The van der Waals surface area contributed by atoms with Crippen molar-refractivity contribution in [3.8, 4) is 0 Å². The minimum absolute atomic E-state index is 0.201. The first-order valence-corrected chi connectivity index (χ1v) is 6.30. The third kappa shape index (κ3) is 5.46. The second kappa shape index (κ2) is 8.18. The number of carbonyl (C=O) groups is 1. The summed E-state index contributed by atoms with van der Waals surface area (Å²) in [7, 11) is 3.09. The molecule has 0 bridgehead atoms. The van der Waals surface area contributed by atoms with Crippen LogP contribution in [0.15, 0.2) is 29.5 Å². The lowest BCUT2D eigenvalue weighted by molar-refractivity contribution is -0.144. The third-order valence-electron chi connectivity index (χ3n) is 2.73. The monoisotopic (exact) mass is 266 g/mol. The maximum atomic E-state index is 11.3. The predicted octanol–water partition coefficient (Wildman–Crippen LogP) is 0.462. The van der Waals surface area contributed by atoms with Crippen LogP contribution in [0.4, 0.5) is 0 Å². The van der Waals surface area contributed by atoms with Crippen LogP contribution in [0.1, 0.15) is 6.92 Å². The number of aliphatic imine (C=N–C) groups is 1. The standard InChI is InChI=1S/C13H22N4O2/c1-11(12(18)19-3)10-16-13(14-2)15-6-9-17-7-4-5-8-17/h4-5,7-8,11H,6,9-10H2,1-3H3,(H2,14,15,16). The second-order valence-corrected chi connectivity index (χ2v) is 4.22. The number of aromatic nitrogens is 1. The van der Waals surface area contributed by atoms with Gasteiger partial charge in [-0.05, 0) is 12.1 Å². The molecule has 6 nitrogen and oxygen atoms in total. The molecule has 106 valence electrons. The third-order valence-corrected chi connectivity index (χ3v) is 2.73. The van der Waals surface area contributed by atoms with Crippen LogP contribution in [0.5, 0.6) is 0 Å². The highest BCUT2D eigenvalue weighted by Gasteiger charge is 2.12. The van der Waals surface area contributed by atoms with Crippen molar-refractivity contribution >= 4 is 11.9 Å². The van der Waals surface area contributed by atoms with E-state index in [1.165, 1.54) is 7.11 Å².